The number of anilines is 1. The number of likely N-dealkylation sites (tertiary alicyclic amines) is 1. The number of fused-ring (bicyclic) bond motifs is 2. The molecule has 2 aliphatic heterocycles. The van der Waals surface area contributed by atoms with Gasteiger partial charge in [0, 0.05) is 23.1 Å². The van der Waals surface area contributed by atoms with Crippen LogP contribution in [0.3, 0.4) is 0 Å². The number of amides is 1. The lowest BCUT2D eigenvalue weighted by atomic mass is 9.74. The van der Waals surface area contributed by atoms with Crippen molar-refractivity contribution in [1.29, 1.82) is 0 Å². The summed E-state index contributed by atoms with van der Waals surface area (Å²) < 4.78 is 0. The van der Waals surface area contributed by atoms with Gasteiger partial charge in [-0.05, 0) is 49.7 Å². The molecule has 2 aliphatic rings. The molecule has 5 heteroatoms. The molecule has 1 aromatic carbocycles. The van der Waals surface area contributed by atoms with E-state index in [1.165, 1.54) is 0 Å². The van der Waals surface area contributed by atoms with Crippen LogP contribution in [0, 0.1) is 0 Å². The average molecular weight is 299 g/mol. The van der Waals surface area contributed by atoms with Gasteiger partial charge in [0.05, 0.1) is 5.41 Å². The maximum Gasteiger partial charge on any atom is 0.235 e. The lowest BCUT2D eigenvalue weighted by Gasteiger charge is -2.37. The highest BCUT2D eigenvalue weighted by Gasteiger charge is 2.48. The minimum absolute atomic E-state index is 0.121. The van der Waals surface area contributed by atoms with E-state index in [2.05, 4.69) is 10.2 Å². The Morgan fingerprint density at radius 3 is 2.74 bits per heavy atom. The third-order valence-electron chi connectivity index (χ3n) is 4.29. The van der Waals surface area contributed by atoms with Gasteiger partial charge in [0.2, 0.25) is 5.91 Å². The Morgan fingerprint density at radius 1 is 1.32 bits per heavy atom. The summed E-state index contributed by atoms with van der Waals surface area (Å²) >= 11 is 11.9. The predicted octanol–water partition coefficient (Wildman–Crippen LogP) is 2.86. The molecular weight excluding hydrogens is 283 g/mol. The first-order chi connectivity index (χ1) is 9.15. The minimum Gasteiger partial charge on any atom is -0.325 e. The first-order valence-electron chi connectivity index (χ1n) is 6.55. The molecule has 3 rings (SSSR count). The topological polar surface area (TPSA) is 32.3 Å². The third kappa shape index (κ3) is 2.14. The van der Waals surface area contributed by atoms with E-state index >= 15 is 0 Å². The van der Waals surface area contributed by atoms with Gasteiger partial charge in [-0.25, -0.2) is 0 Å². The fourth-order valence-corrected chi connectivity index (χ4v) is 3.57. The summed E-state index contributed by atoms with van der Waals surface area (Å²) in [6.45, 7) is 2.71. The number of alkyl halides is 1. The molecule has 0 aliphatic carbocycles. The molecule has 19 heavy (non-hydrogen) atoms. The van der Waals surface area contributed by atoms with E-state index in [1.54, 1.807) is 0 Å². The molecule has 0 atom stereocenters. The first-order valence-corrected chi connectivity index (χ1v) is 7.47. The van der Waals surface area contributed by atoms with Crippen LogP contribution in [0.15, 0.2) is 18.2 Å². The number of hydrogen-bond donors (Lipinski definition) is 1. The van der Waals surface area contributed by atoms with Crippen LogP contribution in [-0.4, -0.2) is 36.3 Å². The molecule has 0 saturated carbocycles. The van der Waals surface area contributed by atoms with Gasteiger partial charge in [0.25, 0.3) is 0 Å². The number of hydrogen-bond acceptors (Lipinski definition) is 2. The number of benzene rings is 1. The molecule has 3 nitrogen and oxygen atoms in total. The SMILES string of the molecule is O=C1Nc2ccc(Cl)cc2C12CCN(CCCl)CC2. The molecule has 1 amide bonds. The predicted molar refractivity (Wildman–Crippen MR) is 78.2 cm³/mol. The monoisotopic (exact) mass is 298 g/mol. The zero-order chi connectivity index (χ0) is 13.5. The summed E-state index contributed by atoms with van der Waals surface area (Å²) in [4.78, 5) is 14.7. The van der Waals surface area contributed by atoms with Crippen molar-refractivity contribution in [2.75, 3.05) is 30.8 Å². The molecule has 1 saturated heterocycles. The second-order valence-corrected chi connectivity index (χ2v) is 6.07. The number of carbonyl (C=O) groups excluding carboxylic acids is 1. The largest absolute Gasteiger partial charge is 0.325 e. The van der Waals surface area contributed by atoms with E-state index < -0.39 is 0 Å². The molecule has 1 fully saturated rings. The van der Waals surface area contributed by atoms with E-state index in [-0.39, 0.29) is 11.3 Å². The van der Waals surface area contributed by atoms with Crippen LogP contribution in [0.5, 0.6) is 0 Å². The molecule has 2 heterocycles. The van der Waals surface area contributed by atoms with Crippen molar-refractivity contribution in [3.8, 4) is 0 Å². The molecule has 0 unspecified atom stereocenters. The van der Waals surface area contributed by atoms with Crippen LogP contribution in [0.4, 0.5) is 5.69 Å². The van der Waals surface area contributed by atoms with Crippen LogP contribution in [0.1, 0.15) is 18.4 Å². The highest BCUT2D eigenvalue weighted by molar-refractivity contribution is 6.31. The Balaban J connectivity index is 1.90. The second kappa shape index (κ2) is 4.97. The number of halogens is 2. The van der Waals surface area contributed by atoms with Gasteiger partial charge < -0.3 is 10.2 Å². The molecule has 1 spiro atoms. The first kappa shape index (κ1) is 13.2. The lowest BCUT2D eigenvalue weighted by Crippen LogP contribution is -2.46. The number of rotatable bonds is 2. The summed E-state index contributed by atoms with van der Waals surface area (Å²) in [6, 6.07) is 5.66. The van der Waals surface area contributed by atoms with Crippen LogP contribution in [-0.2, 0) is 10.2 Å². The molecule has 1 N–H and O–H groups in total. The Morgan fingerprint density at radius 2 is 2.05 bits per heavy atom. The van der Waals surface area contributed by atoms with E-state index in [1.807, 2.05) is 18.2 Å². The lowest BCUT2D eigenvalue weighted by molar-refractivity contribution is -0.122. The molecule has 1 aromatic rings. The summed E-state index contributed by atoms with van der Waals surface area (Å²) in [5.74, 6) is 0.761. The van der Waals surface area contributed by atoms with Gasteiger partial charge in [-0.1, -0.05) is 11.6 Å². The summed E-state index contributed by atoms with van der Waals surface area (Å²) in [5, 5.41) is 3.68. The van der Waals surface area contributed by atoms with E-state index in [0.29, 0.717) is 10.9 Å². The maximum absolute atomic E-state index is 12.4. The highest BCUT2D eigenvalue weighted by Crippen LogP contribution is 2.45. The van der Waals surface area contributed by atoms with Crippen LogP contribution < -0.4 is 5.32 Å². The van der Waals surface area contributed by atoms with E-state index in [9.17, 15) is 4.79 Å². The summed E-state index contributed by atoms with van der Waals surface area (Å²) in [7, 11) is 0. The summed E-state index contributed by atoms with van der Waals surface area (Å²) in [5.41, 5.74) is 1.60. The smallest absolute Gasteiger partial charge is 0.235 e. The van der Waals surface area contributed by atoms with Crippen molar-refractivity contribution in [2.24, 2.45) is 0 Å². The second-order valence-electron chi connectivity index (χ2n) is 5.26. The number of piperidine rings is 1. The van der Waals surface area contributed by atoms with Crippen molar-refractivity contribution >= 4 is 34.8 Å². The molecule has 102 valence electrons. The van der Waals surface area contributed by atoms with Crippen LogP contribution in [0.25, 0.3) is 0 Å². The molecular formula is C14H16Cl2N2O. The van der Waals surface area contributed by atoms with Gasteiger partial charge in [0.15, 0.2) is 0 Å². The summed E-state index contributed by atoms with van der Waals surface area (Å²) in [6.07, 6.45) is 1.67. The fourth-order valence-electron chi connectivity index (χ4n) is 3.16. The van der Waals surface area contributed by atoms with Gasteiger partial charge in [-0.3, -0.25) is 4.79 Å². The molecule has 0 aromatic heterocycles. The molecule has 0 radical (unpaired) electrons. The van der Waals surface area contributed by atoms with Crippen LogP contribution >= 0.6 is 23.2 Å². The standard InChI is InChI=1S/C14H16Cl2N2O/c15-5-8-18-6-3-14(4-7-18)11-9-10(16)1-2-12(11)17-13(14)19/h1-2,9H,3-8H2,(H,17,19). The Bertz CT molecular complexity index is 510. The van der Waals surface area contributed by atoms with Crippen LogP contribution in [0.2, 0.25) is 5.02 Å². The Kier molecular flexibility index (Phi) is 3.46. The van der Waals surface area contributed by atoms with Gasteiger partial charge >= 0.3 is 0 Å². The quantitative estimate of drug-likeness (QED) is 0.852. The van der Waals surface area contributed by atoms with Crippen molar-refractivity contribution in [1.82, 2.24) is 4.90 Å². The zero-order valence-electron chi connectivity index (χ0n) is 10.6. The third-order valence-corrected chi connectivity index (χ3v) is 4.69. The number of nitrogens with zero attached hydrogens (tertiary/aromatic N) is 1. The van der Waals surface area contributed by atoms with Gasteiger partial charge in [-0.2, -0.15) is 0 Å². The Labute approximate surface area is 122 Å². The number of nitrogens with one attached hydrogen (secondary N) is 1. The van der Waals surface area contributed by atoms with Gasteiger partial charge in [-0.15, -0.1) is 11.6 Å². The Hall–Kier alpha value is -0.770. The normalized spacial score (nSPS) is 21.5. The number of carbonyl (C=O) groups is 1. The van der Waals surface area contributed by atoms with Crippen molar-refractivity contribution in [2.45, 2.75) is 18.3 Å². The average Bonchev–Trinajstić information content (AvgIpc) is 2.66. The van der Waals surface area contributed by atoms with E-state index in [4.69, 9.17) is 23.2 Å². The van der Waals surface area contributed by atoms with Crippen molar-refractivity contribution in [3.63, 3.8) is 0 Å². The van der Waals surface area contributed by atoms with E-state index in [0.717, 1.165) is 43.7 Å². The van der Waals surface area contributed by atoms with Crippen molar-refractivity contribution < 1.29 is 4.79 Å². The zero-order valence-corrected chi connectivity index (χ0v) is 12.1. The minimum atomic E-state index is -0.386. The van der Waals surface area contributed by atoms with Gasteiger partial charge in [0.1, 0.15) is 0 Å². The maximum atomic E-state index is 12.4. The highest BCUT2D eigenvalue weighted by atomic mass is 35.5. The fraction of sp³-hybridized carbons (Fsp3) is 0.500. The molecule has 0 bridgehead atoms. The van der Waals surface area contributed by atoms with Crippen molar-refractivity contribution in [3.05, 3.63) is 28.8 Å².